The number of hydrogen-bond acceptors (Lipinski definition) is 4. The standard InChI is InChI=1S/C12H15N3O4/c16-10(17)12(7-9-3-1-2-4-13-9)8-15(11(18)19)6-5-14-12/h1-4,14H,5-8H2,(H,16,17)(H,18,19). The average molecular weight is 265 g/mol. The molecule has 0 aliphatic carbocycles. The van der Waals surface area contributed by atoms with E-state index in [1.807, 2.05) is 0 Å². The summed E-state index contributed by atoms with van der Waals surface area (Å²) in [7, 11) is 0. The van der Waals surface area contributed by atoms with E-state index in [1.165, 1.54) is 0 Å². The second-order valence-corrected chi connectivity index (χ2v) is 4.52. The molecule has 3 N–H and O–H groups in total. The summed E-state index contributed by atoms with van der Waals surface area (Å²) in [5.41, 5.74) is -0.699. The van der Waals surface area contributed by atoms with Crippen molar-refractivity contribution in [3.05, 3.63) is 30.1 Å². The number of carboxylic acid groups (broad SMARTS) is 2. The van der Waals surface area contributed by atoms with Crippen LogP contribution in [0.1, 0.15) is 5.69 Å². The van der Waals surface area contributed by atoms with Gasteiger partial charge in [0.1, 0.15) is 5.54 Å². The minimum Gasteiger partial charge on any atom is -0.480 e. The van der Waals surface area contributed by atoms with Crippen molar-refractivity contribution in [3.63, 3.8) is 0 Å². The molecule has 19 heavy (non-hydrogen) atoms. The molecular formula is C12H15N3O4. The minimum atomic E-state index is -1.31. The summed E-state index contributed by atoms with van der Waals surface area (Å²) in [6.07, 6.45) is 0.628. The number of hydrogen-bond donors (Lipinski definition) is 3. The Bertz CT molecular complexity index is 479. The van der Waals surface area contributed by atoms with Crippen LogP contribution in [0, 0.1) is 0 Å². The van der Waals surface area contributed by atoms with E-state index in [4.69, 9.17) is 5.11 Å². The largest absolute Gasteiger partial charge is 0.480 e. The fraction of sp³-hybridized carbons (Fsp3) is 0.417. The Kier molecular flexibility index (Phi) is 3.66. The van der Waals surface area contributed by atoms with E-state index in [-0.39, 0.29) is 19.5 Å². The fourth-order valence-corrected chi connectivity index (χ4v) is 2.20. The molecule has 1 saturated heterocycles. The van der Waals surface area contributed by atoms with Gasteiger partial charge in [0.25, 0.3) is 0 Å². The Labute approximate surface area is 109 Å². The summed E-state index contributed by atoms with van der Waals surface area (Å²) in [6.45, 7) is 0.506. The molecule has 2 rings (SSSR count). The molecule has 102 valence electrons. The van der Waals surface area contributed by atoms with Crippen molar-refractivity contribution in [2.24, 2.45) is 0 Å². The number of amides is 1. The molecule has 2 heterocycles. The summed E-state index contributed by atoms with van der Waals surface area (Å²) in [5.74, 6) is -1.07. The van der Waals surface area contributed by atoms with Crippen LogP contribution >= 0.6 is 0 Å². The number of nitrogens with zero attached hydrogens (tertiary/aromatic N) is 2. The predicted molar refractivity (Wildman–Crippen MR) is 65.9 cm³/mol. The predicted octanol–water partition coefficient (Wildman–Crippen LogP) is 0.0307. The average Bonchev–Trinajstić information content (AvgIpc) is 2.40. The third-order valence-electron chi connectivity index (χ3n) is 3.19. The van der Waals surface area contributed by atoms with Crippen molar-refractivity contribution in [3.8, 4) is 0 Å². The van der Waals surface area contributed by atoms with Gasteiger partial charge < -0.3 is 15.1 Å². The fourth-order valence-electron chi connectivity index (χ4n) is 2.20. The van der Waals surface area contributed by atoms with E-state index in [2.05, 4.69) is 10.3 Å². The van der Waals surface area contributed by atoms with Gasteiger partial charge in [-0.1, -0.05) is 6.07 Å². The highest BCUT2D eigenvalue weighted by atomic mass is 16.4. The second-order valence-electron chi connectivity index (χ2n) is 4.52. The Hall–Kier alpha value is -2.15. The second kappa shape index (κ2) is 5.23. The SMILES string of the molecule is O=C(O)N1CCNC(Cc2ccccn2)(C(=O)O)C1. The molecular weight excluding hydrogens is 250 g/mol. The van der Waals surface area contributed by atoms with E-state index in [0.29, 0.717) is 12.2 Å². The quantitative estimate of drug-likeness (QED) is 0.712. The van der Waals surface area contributed by atoms with Gasteiger partial charge in [0, 0.05) is 31.4 Å². The molecule has 0 spiro atoms. The number of piperazine rings is 1. The van der Waals surface area contributed by atoms with E-state index in [0.717, 1.165) is 4.90 Å². The topological polar surface area (TPSA) is 103 Å². The number of pyridine rings is 1. The van der Waals surface area contributed by atoms with Crippen molar-refractivity contribution in [1.29, 1.82) is 0 Å². The molecule has 0 aromatic carbocycles. The third kappa shape index (κ3) is 2.82. The molecule has 0 radical (unpaired) electrons. The van der Waals surface area contributed by atoms with Gasteiger partial charge in [-0.2, -0.15) is 0 Å². The van der Waals surface area contributed by atoms with E-state index < -0.39 is 17.6 Å². The molecule has 0 saturated carbocycles. The van der Waals surface area contributed by atoms with Gasteiger partial charge >= 0.3 is 12.1 Å². The van der Waals surface area contributed by atoms with Crippen LogP contribution in [-0.2, 0) is 11.2 Å². The number of aliphatic carboxylic acids is 1. The van der Waals surface area contributed by atoms with Gasteiger partial charge in [0.05, 0.1) is 6.54 Å². The van der Waals surface area contributed by atoms with Crippen LogP contribution < -0.4 is 5.32 Å². The van der Waals surface area contributed by atoms with Gasteiger partial charge in [-0.15, -0.1) is 0 Å². The molecule has 1 aliphatic rings. The highest BCUT2D eigenvalue weighted by Crippen LogP contribution is 2.18. The van der Waals surface area contributed by atoms with Crippen molar-refractivity contribution in [2.75, 3.05) is 19.6 Å². The van der Waals surface area contributed by atoms with Gasteiger partial charge in [-0.3, -0.25) is 15.1 Å². The van der Waals surface area contributed by atoms with E-state index in [9.17, 15) is 14.7 Å². The maximum Gasteiger partial charge on any atom is 0.407 e. The van der Waals surface area contributed by atoms with Crippen LogP contribution in [0.2, 0.25) is 0 Å². The van der Waals surface area contributed by atoms with Crippen molar-refractivity contribution < 1.29 is 19.8 Å². The maximum absolute atomic E-state index is 11.5. The monoisotopic (exact) mass is 265 g/mol. The molecule has 1 amide bonds. The lowest BCUT2D eigenvalue weighted by atomic mass is 9.90. The summed E-state index contributed by atoms with van der Waals surface area (Å²) in [4.78, 5) is 27.8. The maximum atomic E-state index is 11.5. The highest BCUT2D eigenvalue weighted by Gasteiger charge is 2.44. The normalized spacial score (nSPS) is 23.1. The Balaban J connectivity index is 2.23. The molecule has 1 aromatic heterocycles. The number of rotatable bonds is 3. The van der Waals surface area contributed by atoms with Crippen molar-refractivity contribution >= 4 is 12.1 Å². The summed E-state index contributed by atoms with van der Waals surface area (Å²) < 4.78 is 0. The van der Waals surface area contributed by atoms with Crippen molar-refractivity contribution in [2.45, 2.75) is 12.0 Å². The van der Waals surface area contributed by atoms with E-state index in [1.54, 1.807) is 24.4 Å². The summed E-state index contributed by atoms with van der Waals surface area (Å²) in [6, 6.07) is 5.25. The third-order valence-corrected chi connectivity index (χ3v) is 3.19. The first kappa shape index (κ1) is 13.3. The van der Waals surface area contributed by atoms with Crippen LogP contribution in [-0.4, -0.2) is 57.3 Å². The lowest BCUT2D eigenvalue weighted by molar-refractivity contribution is -0.146. The Morgan fingerprint density at radius 3 is 2.79 bits per heavy atom. The molecule has 1 atom stereocenters. The zero-order chi connectivity index (χ0) is 13.9. The summed E-state index contributed by atoms with van der Waals surface area (Å²) >= 11 is 0. The van der Waals surface area contributed by atoms with E-state index >= 15 is 0 Å². The van der Waals surface area contributed by atoms with Crippen LogP contribution in [0.5, 0.6) is 0 Å². The smallest absolute Gasteiger partial charge is 0.407 e. The first-order chi connectivity index (χ1) is 9.03. The Morgan fingerprint density at radius 2 is 2.21 bits per heavy atom. The number of nitrogens with one attached hydrogen (secondary N) is 1. The van der Waals surface area contributed by atoms with Crippen molar-refractivity contribution in [1.82, 2.24) is 15.2 Å². The van der Waals surface area contributed by atoms with Crippen LogP contribution in [0.3, 0.4) is 0 Å². The molecule has 7 nitrogen and oxygen atoms in total. The molecule has 1 fully saturated rings. The molecule has 1 aromatic rings. The number of aromatic nitrogens is 1. The zero-order valence-electron chi connectivity index (χ0n) is 10.2. The number of carbonyl (C=O) groups is 2. The highest BCUT2D eigenvalue weighted by molar-refractivity contribution is 5.81. The first-order valence-electron chi connectivity index (χ1n) is 5.90. The first-order valence-corrected chi connectivity index (χ1v) is 5.90. The zero-order valence-corrected chi connectivity index (χ0v) is 10.2. The van der Waals surface area contributed by atoms with Gasteiger partial charge in [-0.05, 0) is 12.1 Å². The molecule has 0 bridgehead atoms. The van der Waals surface area contributed by atoms with Crippen LogP contribution in [0.25, 0.3) is 0 Å². The lowest BCUT2D eigenvalue weighted by Crippen LogP contribution is -2.66. The van der Waals surface area contributed by atoms with Gasteiger partial charge in [-0.25, -0.2) is 4.79 Å². The summed E-state index contributed by atoms with van der Waals surface area (Å²) in [5, 5.41) is 21.4. The van der Waals surface area contributed by atoms with Crippen LogP contribution in [0.15, 0.2) is 24.4 Å². The molecule has 1 aliphatic heterocycles. The van der Waals surface area contributed by atoms with Gasteiger partial charge in [0.2, 0.25) is 0 Å². The van der Waals surface area contributed by atoms with Gasteiger partial charge in [0.15, 0.2) is 0 Å². The Morgan fingerprint density at radius 1 is 1.42 bits per heavy atom. The van der Waals surface area contributed by atoms with Crippen LogP contribution in [0.4, 0.5) is 4.79 Å². The lowest BCUT2D eigenvalue weighted by Gasteiger charge is -2.39. The number of carboxylic acids is 1. The minimum absolute atomic E-state index is 0.0890. The molecule has 1 unspecified atom stereocenters. The molecule has 7 heteroatoms.